The third kappa shape index (κ3) is 5.26. The minimum atomic E-state index is -3.81. The maximum Gasteiger partial charge on any atom is 0.262 e. The molecule has 1 aliphatic carbocycles. The highest BCUT2D eigenvalue weighted by molar-refractivity contribution is 7.92. The molecule has 0 unspecified atom stereocenters. The van der Waals surface area contributed by atoms with E-state index in [-0.39, 0.29) is 10.8 Å². The van der Waals surface area contributed by atoms with Gasteiger partial charge in [0.15, 0.2) is 0 Å². The van der Waals surface area contributed by atoms with Crippen molar-refractivity contribution in [2.75, 3.05) is 11.3 Å². The Balaban J connectivity index is 1.80. The molecule has 3 rings (SSSR count). The van der Waals surface area contributed by atoms with Crippen molar-refractivity contribution in [3.8, 4) is 0 Å². The Bertz CT molecular complexity index is 1060. The van der Waals surface area contributed by atoms with Gasteiger partial charge in [-0.15, -0.1) is 0 Å². The SMILES string of the molecule is Cc1ccc(NS(=O)(=O)c2cc(C(=O)NCC3=CCCCC3)ccc2C)c(C)c1. The molecule has 5 nitrogen and oxygen atoms in total. The standard InChI is InChI=1S/C23H28N2O3S/c1-16-9-12-21(18(3)13-16)25-29(27,28)22-14-20(11-10-17(22)2)23(26)24-15-19-7-5-4-6-8-19/h7,9-14,25H,4-6,8,15H2,1-3H3,(H,24,26). The first kappa shape index (κ1) is 21.1. The number of carbonyl (C=O) groups excluding carboxylic acids is 1. The number of nitrogens with one attached hydrogen (secondary N) is 2. The van der Waals surface area contributed by atoms with E-state index < -0.39 is 10.0 Å². The number of rotatable bonds is 6. The molecule has 2 aromatic carbocycles. The van der Waals surface area contributed by atoms with Crippen LogP contribution < -0.4 is 10.0 Å². The number of aryl methyl sites for hydroxylation is 3. The molecule has 0 bridgehead atoms. The molecule has 0 aromatic heterocycles. The molecule has 0 heterocycles. The van der Waals surface area contributed by atoms with Gasteiger partial charge < -0.3 is 5.32 Å². The molecule has 0 saturated carbocycles. The van der Waals surface area contributed by atoms with Gasteiger partial charge in [-0.3, -0.25) is 9.52 Å². The summed E-state index contributed by atoms with van der Waals surface area (Å²) in [5.41, 5.74) is 4.62. The summed E-state index contributed by atoms with van der Waals surface area (Å²) in [5, 5.41) is 2.91. The summed E-state index contributed by atoms with van der Waals surface area (Å²) < 4.78 is 28.6. The van der Waals surface area contributed by atoms with E-state index in [2.05, 4.69) is 16.1 Å². The molecule has 0 spiro atoms. The van der Waals surface area contributed by atoms with Crippen LogP contribution in [0.1, 0.15) is 52.7 Å². The van der Waals surface area contributed by atoms with E-state index in [4.69, 9.17) is 0 Å². The molecule has 2 aromatic rings. The lowest BCUT2D eigenvalue weighted by atomic mass is 9.99. The number of benzene rings is 2. The van der Waals surface area contributed by atoms with Crippen LogP contribution in [0.5, 0.6) is 0 Å². The topological polar surface area (TPSA) is 75.3 Å². The monoisotopic (exact) mass is 412 g/mol. The zero-order valence-electron chi connectivity index (χ0n) is 17.2. The molecular weight excluding hydrogens is 384 g/mol. The fourth-order valence-electron chi connectivity index (χ4n) is 3.52. The van der Waals surface area contributed by atoms with Crippen LogP contribution in [0.25, 0.3) is 0 Å². The fourth-order valence-corrected chi connectivity index (χ4v) is 4.92. The number of hydrogen-bond acceptors (Lipinski definition) is 3. The van der Waals surface area contributed by atoms with Crippen molar-refractivity contribution in [2.24, 2.45) is 0 Å². The first-order valence-corrected chi connectivity index (χ1v) is 11.4. The molecule has 0 radical (unpaired) electrons. The van der Waals surface area contributed by atoms with Gasteiger partial charge in [-0.2, -0.15) is 0 Å². The average Bonchev–Trinajstić information content (AvgIpc) is 2.69. The Hall–Kier alpha value is -2.60. The fraction of sp³-hybridized carbons (Fsp3) is 0.348. The van der Waals surface area contributed by atoms with Crippen LogP contribution in [-0.4, -0.2) is 20.9 Å². The summed E-state index contributed by atoms with van der Waals surface area (Å²) in [5.74, 6) is -0.264. The Morgan fingerprint density at radius 1 is 1.00 bits per heavy atom. The molecule has 1 amide bonds. The molecule has 0 fully saturated rings. The normalized spacial score (nSPS) is 14.2. The lowest BCUT2D eigenvalue weighted by molar-refractivity contribution is 0.0956. The van der Waals surface area contributed by atoms with Crippen LogP contribution in [0, 0.1) is 20.8 Å². The van der Waals surface area contributed by atoms with Crippen LogP contribution in [0.2, 0.25) is 0 Å². The highest BCUT2D eigenvalue weighted by atomic mass is 32.2. The summed E-state index contributed by atoms with van der Waals surface area (Å²) in [7, 11) is -3.81. The lowest BCUT2D eigenvalue weighted by Gasteiger charge is -2.15. The minimum Gasteiger partial charge on any atom is -0.348 e. The lowest BCUT2D eigenvalue weighted by Crippen LogP contribution is -2.26. The van der Waals surface area contributed by atoms with Crippen LogP contribution in [0.15, 0.2) is 52.9 Å². The van der Waals surface area contributed by atoms with E-state index in [1.165, 1.54) is 18.1 Å². The number of allylic oxidation sites excluding steroid dienone is 1. The molecular formula is C23H28N2O3S. The number of amides is 1. The van der Waals surface area contributed by atoms with Gasteiger partial charge in [-0.25, -0.2) is 8.42 Å². The first-order chi connectivity index (χ1) is 13.8. The van der Waals surface area contributed by atoms with Gasteiger partial charge in [0.25, 0.3) is 15.9 Å². The molecule has 2 N–H and O–H groups in total. The van der Waals surface area contributed by atoms with E-state index in [0.29, 0.717) is 23.4 Å². The summed E-state index contributed by atoms with van der Waals surface area (Å²) in [6.07, 6.45) is 6.60. The van der Waals surface area contributed by atoms with Crippen molar-refractivity contribution in [2.45, 2.75) is 51.3 Å². The van der Waals surface area contributed by atoms with Gasteiger partial charge in [-0.05, 0) is 75.8 Å². The predicted molar refractivity (Wildman–Crippen MR) is 117 cm³/mol. The van der Waals surface area contributed by atoms with Gasteiger partial charge in [0.05, 0.1) is 10.6 Å². The number of anilines is 1. The molecule has 1 aliphatic rings. The summed E-state index contributed by atoms with van der Waals surface area (Å²) in [6, 6.07) is 10.3. The summed E-state index contributed by atoms with van der Waals surface area (Å²) >= 11 is 0. The van der Waals surface area contributed by atoms with Gasteiger partial charge in [0.1, 0.15) is 0 Å². The van der Waals surface area contributed by atoms with Crippen molar-refractivity contribution < 1.29 is 13.2 Å². The molecule has 29 heavy (non-hydrogen) atoms. The Kier molecular flexibility index (Phi) is 6.42. The van der Waals surface area contributed by atoms with E-state index in [1.807, 2.05) is 26.0 Å². The van der Waals surface area contributed by atoms with Crippen LogP contribution >= 0.6 is 0 Å². The van der Waals surface area contributed by atoms with Crippen molar-refractivity contribution >= 4 is 21.6 Å². The third-order valence-electron chi connectivity index (χ3n) is 5.23. The predicted octanol–water partition coefficient (Wildman–Crippen LogP) is 4.64. The Morgan fingerprint density at radius 2 is 1.79 bits per heavy atom. The Morgan fingerprint density at radius 3 is 2.48 bits per heavy atom. The number of hydrogen-bond donors (Lipinski definition) is 2. The minimum absolute atomic E-state index is 0.113. The van der Waals surface area contributed by atoms with Crippen LogP contribution in [-0.2, 0) is 10.0 Å². The summed E-state index contributed by atoms with van der Waals surface area (Å²) in [4.78, 5) is 12.7. The first-order valence-electron chi connectivity index (χ1n) is 9.93. The maximum absolute atomic E-state index is 13.0. The van der Waals surface area contributed by atoms with Crippen molar-refractivity contribution in [1.29, 1.82) is 0 Å². The number of carbonyl (C=O) groups is 1. The zero-order valence-corrected chi connectivity index (χ0v) is 18.0. The second-order valence-corrected chi connectivity index (χ2v) is 9.35. The van der Waals surface area contributed by atoms with Crippen molar-refractivity contribution in [3.63, 3.8) is 0 Å². The molecule has 6 heteroatoms. The second-order valence-electron chi connectivity index (χ2n) is 7.69. The zero-order chi connectivity index (χ0) is 21.0. The van der Waals surface area contributed by atoms with E-state index in [9.17, 15) is 13.2 Å². The highest BCUT2D eigenvalue weighted by Crippen LogP contribution is 2.24. The van der Waals surface area contributed by atoms with Gasteiger partial charge in [-0.1, -0.05) is 35.4 Å². The van der Waals surface area contributed by atoms with Crippen molar-refractivity contribution in [1.82, 2.24) is 5.32 Å². The highest BCUT2D eigenvalue weighted by Gasteiger charge is 2.20. The number of sulfonamides is 1. The van der Waals surface area contributed by atoms with Gasteiger partial charge in [0.2, 0.25) is 0 Å². The quantitative estimate of drug-likeness (QED) is 0.679. The molecule has 0 aliphatic heterocycles. The van der Waals surface area contributed by atoms with Gasteiger partial charge in [0, 0.05) is 12.1 Å². The Labute approximate surface area is 173 Å². The summed E-state index contributed by atoms with van der Waals surface area (Å²) in [6.45, 7) is 6.06. The van der Waals surface area contributed by atoms with Crippen molar-refractivity contribution in [3.05, 3.63) is 70.3 Å². The van der Waals surface area contributed by atoms with E-state index >= 15 is 0 Å². The smallest absolute Gasteiger partial charge is 0.262 e. The largest absolute Gasteiger partial charge is 0.348 e. The van der Waals surface area contributed by atoms with Crippen LogP contribution in [0.3, 0.4) is 0 Å². The molecule has 154 valence electrons. The van der Waals surface area contributed by atoms with E-state index in [1.54, 1.807) is 25.1 Å². The maximum atomic E-state index is 13.0. The van der Waals surface area contributed by atoms with Gasteiger partial charge >= 0.3 is 0 Å². The molecule has 0 atom stereocenters. The third-order valence-corrected chi connectivity index (χ3v) is 6.73. The molecule has 0 saturated heterocycles. The average molecular weight is 413 g/mol. The second kappa shape index (κ2) is 8.82. The van der Waals surface area contributed by atoms with Crippen LogP contribution in [0.4, 0.5) is 5.69 Å². The van der Waals surface area contributed by atoms with E-state index in [0.717, 1.165) is 30.4 Å².